The summed E-state index contributed by atoms with van der Waals surface area (Å²) in [6.07, 6.45) is 0. The number of benzene rings is 1. The highest BCUT2D eigenvalue weighted by molar-refractivity contribution is 5.74. The molecule has 1 N–H and O–H groups in total. The number of amides is 2. The second-order valence-electron chi connectivity index (χ2n) is 6.58. The molecule has 1 aliphatic heterocycles. The molecule has 0 aliphatic carbocycles. The van der Waals surface area contributed by atoms with Crippen LogP contribution in [0.3, 0.4) is 0 Å². The van der Waals surface area contributed by atoms with Crippen LogP contribution in [0.4, 0.5) is 4.79 Å². The molecule has 2 amide bonds. The van der Waals surface area contributed by atoms with Crippen LogP contribution in [-0.4, -0.2) is 34.0 Å². The maximum Gasteiger partial charge on any atom is 0.318 e. The smallest absolute Gasteiger partial charge is 0.318 e. The fraction of sp³-hybridized carbons (Fsp3) is 0.474. The molecule has 1 aliphatic rings. The van der Waals surface area contributed by atoms with Crippen LogP contribution in [0, 0.1) is 13.8 Å². The van der Waals surface area contributed by atoms with Gasteiger partial charge in [0.25, 0.3) is 0 Å². The lowest BCUT2D eigenvalue weighted by atomic mass is 10.1. The average Bonchev–Trinajstić information content (AvgIpc) is 3.16. The van der Waals surface area contributed by atoms with E-state index in [0.717, 1.165) is 34.0 Å². The summed E-state index contributed by atoms with van der Waals surface area (Å²) < 4.78 is 12.6. The lowest BCUT2D eigenvalue weighted by Gasteiger charge is -2.24. The fourth-order valence-corrected chi connectivity index (χ4v) is 3.35. The zero-order valence-corrected chi connectivity index (χ0v) is 16.0. The summed E-state index contributed by atoms with van der Waals surface area (Å²) in [7, 11) is 1.92. The van der Waals surface area contributed by atoms with Crippen LogP contribution in [0.1, 0.15) is 42.4 Å². The third-order valence-corrected chi connectivity index (χ3v) is 4.82. The van der Waals surface area contributed by atoms with Crippen LogP contribution < -0.4 is 14.8 Å². The third kappa shape index (κ3) is 3.47. The van der Waals surface area contributed by atoms with Crippen molar-refractivity contribution in [2.75, 3.05) is 13.3 Å². The minimum atomic E-state index is -0.109. The van der Waals surface area contributed by atoms with Crippen LogP contribution in [-0.2, 0) is 13.6 Å². The third-order valence-electron chi connectivity index (χ3n) is 4.82. The Balaban J connectivity index is 1.69. The number of hydrogen-bond acceptors (Lipinski definition) is 4. The van der Waals surface area contributed by atoms with Crippen molar-refractivity contribution in [3.63, 3.8) is 0 Å². The molecule has 1 unspecified atom stereocenters. The maximum atomic E-state index is 12.8. The van der Waals surface area contributed by atoms with Crippen LogP contribution >= 0.6 is 0 Å². The largest absolute Gasteiger partial charge is 0.454 e. The normalized spacial score (nSPS) is 13.6. The Morgan fingerprint density at radius 3 is 2.73 bits per heavy atom. The van der Waals surface area contributed by atoms with Crippen molar-refractivity contribution < 1.29 is 14.3 Å². The van der Waals surface area contributed by atoms with E-state index in [1.807, 2.05) is 57.6 Å². The number of ether oxygens (including phenoxy) is 2. The first-order valence-corrected chi connectivity index (χ1v) is 8.84. The van der Waals surface area contributed by atoms with E-state index in [1.54, 1.807) is 4.90 Å². The van der Waals surface area contributed by atoms with Crippen molar-refractivity contribution in [1.29, 1.82) is 0 Å². The van der Waals surface area contributed by atoms with Crippen molar-refractivity contribution in [2.45, 2.75) is 40.3 Å². The molecular formula is C19H26N4O3. The van der Waals surface area contributed by atoms with Crippen LogP contribution in [0.15, 0.2) is 18.2 Å². The van der Waals surface area contributed by atoms with E-state index < -0.39 is 0 Å². The lowest BCUT2D eigenvalue weighted by Crippen LogP contribution is -2.40. The van der Waals surface area contributed by atoms with Crippen molar-refractivity contribution in [2.24, 2.45) is 7.05 Å². The van der Waals surface area contributed by atoms with Gasteiger partial charge in [-0.3, -0.25) is 4.68 Å². The molecule has 2 heterocycles. The van der Waals surface area contributed by atoms with E-state index in [4.69, 9.17) is 9.47 Å². The number of aryl methyl sites for hydroxylation is 2. The van der Waals surface area contributed by atoms with Gasteiger partial charge < -0.3 is 19.7 Å². The fourth-order valence-electron chi connectivity index (χ4n) is 3.35. The van der Waals surface area contributed by atoms with Crippen molar-refractivity contribution in [3.05, 3.63) is 40.7 Å². The molecule has 140 valence electrons. The molecule has 0 saturated heterocycles. The predicted molar refractivity (Wildman–Crippen MR) is 98.3 cm³/mol. The van der Waals surface area contributed by atoms with Gasteiger partial charge in [-0.1, -0.05) is 6.07 Å². The number of fused-ring (bicyclic) bond motifs is 1. The molecule has 1 aromatic carbocycles. The summed E-state index contributed by atoms with van der Waals surface area (Å²) in [6.45, 7) is 9.31. The maximum absolute atomic E-state index is 12.8. The monoisotopic (exact) mass is 358 g/mol. The average molecular weight is 358 g/mol. The van der Waals surface area contributed by atoms with Crippen molar-refractivity contribution in [3.8, 4) is 11.5 Å². The topological polar surface area (TPSA) is 68.6 Å². The predicted octanol–water partition coefficient (Wildman–Crippen LogP) is 3.06. The molecule has 0 saturated carbocycles. The standard InChI is InChI=1S/C19H26N4O3/c1-6-23(10-15-7-8-16-17(9-15)26-11-25-16)19(24)20-12(2)18-13(3)21-22(5)14(18)4/h7-9,12H,6,10-11H2,1-5H3,(H,20,24). The number of hydrogen-bond donors (Lipinski definition) is 1. The number of urea groups is 1. The Kier molecular flexibility index (Phi) is 5.06. The number of nitrogens with one attached hydrogen (secondary N) is 1. The van der Waals surface area contributed by atoms with Gasteiger partial charge in [-0.15, -0.1) is 0 Å². The molecule has 7 heteroatoms. The van der Waals surface area contributed by atoms with Gasteiger partial charge in [-0.05, 0) is 45.4 Å². The van der Waals surface area contributed by atoms with E-state index in [2.05, 4.69) is 10.4 Å². The number of aromatic nitrogens is 2. The molecule has 0 bridgehead atoms. The summed E-state index contributed by atoms with van der Waals surface area (Å²) in [5, 5.41) is 7.52. The van der Waals surface area contributed by atoms with Crippen molar-refractivity contribution in [1.82, 2.24) is 20.0 Å². The molecule has 26 heavy (non-hydrogen) atoms. The van der Waals surface area contributed by atoms with Gasteiger partial charge in [0.05, 0.1) is 11.7 Å². The Morgan fingerprint density at radius 1 is 1.35 bits per heavy atom. The van der Waals surface area contributed by atoms with Gasteiger partial charge in [0.1, 0.15) is 0 Å². The summed E-state index contributed by atoms with van der Waals surface area (Å²) in [6, 6.07) is 5.57. The van der Waals surface area contributed by atoms with E-state index in [1.165, 1.54) is 0 Å². The zero-order chi connectivity index (χ0) is 18.8. The Bertz CT molecular complexity index is 815. The Labute approximate surface area is 153 Å². The number of carbonyl (C=O) groups excluding carboxylic acids is 1. The first-order chi connectivity index (χ1) is 12.4. The molecule has 7 nitrogen and oxygen atoms in total. The quantitative estimate of drug-likeness (QED) is 0.892. The van der Waals surface area contributed by atoms with Gasteiger partial charge in [-0.25, -0.2) is 4.79 Å². The first kappa shape index (κ1) is 18.1. The van der Waals surface area contributed by atoms with Crippen LogP contribution in [0.2, 0.25) is 0 Å². The molecule has 3 rings (SSSR count). The number of rotatable bonds is 5. The lowest BCUT2D eigenvalue weighted by molar-refractivity contribution is 0.173. The van der Waals surface area contributed by atoms with E-state index in [-0.39, 0.29) is 18.9 Å². The summed E-state index contributed by atoms with van der Waals surface area (Å²) in [4.78, 5) is 14.5. The molecule has 1 aromatic heterocycles. The summed E-state index contributed by atoms with van der Waals surface area (Å²) >= 11 is 0. The second-order valence-corrected chi connectivity index (χ2v) is 6.58. The highest BCUT2D eigenvalue weighted by Gasteiger charge is 2.21. The van der Waals surface area contributed by atoms with Gasteiger partial charge >= 0.3 is 6.03 Å². The molecule has 2 aromatic rings. The second kappa shape index (κ2) is 7.27. The van der Waals surface area contributed by atoms with Gasteiger partial charge in [-0.2, -0.15) is 5.10 Å². The number of carbonyl (C=O) groups is 1. The van der Waals surface area contributed by atoms with Crippen LogP contribution in [0.25, 0.3) is 0 Å². The minimum absolute atomic E-state index is 0.0969. The van der Waals surface area contributed by atoms with E-state index in [9.17, 15) is 4.79 Å². The summed E-state index contributed by atoms with van der Waals surface area (Å²) in [5.74, 6) is 1.48. The highest BCUT2D eigenvalue weighted by Crippen LogP contribution is 2.32. The molecule has 0 radical (unpaired) electrons. The Hall–Kier alpha value is -2.70. The van der Waals surface area contributed by atoms with Crippen molar-refractivity contribution >= 4 is 6.03 Å². The minimum Gasteiger partial charge on any atom is -0.454 e. The van der Waals surface area contributed by atoms with E-state index >= 15 is 0 Å². The molecule has 0 fully saturated rings. The molecule has 0 spiro atoms. The molecular weight excluding hydrogens is 332 g/mol. The van der Waals surface area contributed by atoms with Gasteiger partial charge in [0.2, 0.25) is 6.79 Å². The summed E-state index contributed by atoms with van der Waals surface area (Å²) in [5.41, 5.74) is 4.08. The van der Waals surface area contributed by atoms with Gasteiger partial charge in [0.15, 0.2) is 11.5 Å². The van der Waals surface area contributed by atoms with Crippen LogP contribution in [0.5, 0.6) is 11.5 Å². The first-order valence-electron chi connectivity index (χ1n) is 8.84. The van der Waals surface area contributed by atoms with E-state index in [0.29, 0.717) is 13.1 Å². The number of nitrogens with zero attached hydrogens (tertiary/aromatic N) is 3. The Morgan fingerprint density at radius 2 is 2.08 bits per heavy atom. The SMILES string of the molecule is CCN(Cc1ccc2c(c1)OCO2)C(=O)NC(C)c1c(C)nn(C)c1C. The molecule has 1 atom stereocenters. The zero-order valence-electron chi connectivity index (χ0n) is 16.0. The van der Waals surface area contributed by atoms with Gasteiger partial charge in [0, 0.05) is 31.4 Å². The highest BCUT2D eigenvalue weighted by atomic mass is 16.7.